The molecule has 0 spiro atoms. The van der Waals surface area contributed by atoms with Gasteiger partial charge in [-0.05, 0) is 24.6 Å². The minimum atomic E-state index is -0.590. The summed E-state index contributed by atoms with van der Waals surface area (Å²) < 4.78 is 4.75. The van der Waals surface area contributed by atoms with Crippen LogP contribution in [0.25, 0.3) is 0 Å². The van der Waals surface area contributed by atoms with Crippen LogP contribution in [0.1, 0.15) is 22.8 Å². The molecule has 2 amide bonds. The van der Waals surface area contributed by atoms with Crippen LogP contribution in [-0.2, 0) is 20.9 Å². The van der Waals surface area contributed by atoms with E-state index < -0.39 is 11.9 Å². The van der Waals surface area contributed by atoms with Gasteiger partial charge in [0.2, 0.25) is 0 Å². The Morgan fingerprint density at radius 1 is 1.00 bits per heavy atom. The van der Waals surface area contributed by atoms with Gasteiger partial charge >= 0.3 is 5.97 Å². The third-order valence-electron chi connectivity index (χ3n) is 3.79. The molecule has 6 nitrogen and oxygen atoms in total. The molecule has 2 rings (SSSR count). The fraction of sp³-hybridized carbons (Fsp3) is 0.190. The lowest BCUT2D eigenvalue weighted by molar-refractivity contribution is -0.137. The zero-order valence-corrected chi connectivity index (χ0v) is 15.3. The minimum absolute atomic E-state index is 0.234. The molecule has 0 saturated heterocycles. The lowest BCUT2D eigenvalue weighted by Gasteiger charge is -2.19. The van der Waals surface area contributed by atoms with E-state index in [2.05, 4.69) is 5.32 Å². The zero-order chi connectivity index (χ0) is 19.6. The molecule has 27 heavy (non-hydrogen) atoms. The van der Waals surface area contributed by atoms with Crippen LogP contribution in [0.2, 0.25) is 0 Å². The molecule has 0 fully saturated rings. The van der Waals surface area contributed by atoms with Crippen LogP contribution in [0.15, 0.2) is 66.7 Å². The van der Waals surface area contributed by atoms with Crippen molar-refractivity contribution < 1.29 is 19.1 Å². The van der Waals surface area contributed by atoms with E-state index in [-0.39, 0.29) is 12.5 Å². The predicted molar refractivity (Wildman–Crippen MR) is 103 cm³/mol. The molecule has 0 unspecified atom stereocenters. The summed E-state index contributed by atoms with van der Waals surface area (Å²) in [6.45, 7) is 2.30. The van der Waals surface area contributed by atoms with E-state index in [0.717, 1.165) is 17.7 Å². The van der Waals surface area contributed by atoms with Gasteiger partial charge in [0.25, 0.3) is 11.8 Å². The smallest absolute Gasteiger partial charge is 0.330 e. The number of hydrogen-bond acceptors (Lipinski definition) is 4. The van der Waals surface area contributed by atoms with Gasteiger partial charge in [-0.3, -0.25) is 9.59 Å². The van der Waals surface area contributed by atoms with Crippen molar-refractivity contribution in [2.24, 2.45) is 0 Å². The van der Waals surface area contributed by atoms with E-state index in [1.165, 1.54) is 4.90 Å². The maximum atomic E-state index is 12.6. The Balaban J connectivity index is 2.10. The summed E-state index contributed by atoms with van der Waals surface area (Å²) in [4.78, 5) is 37.6. The van der Waals surface area contributed by atoms with Gasteiger partial charge in [-0.1, -0.05) is 42.5 Å². The van der Waals surface area contributed by atoms with Crippen LogP contribution < -0.4 is 10.2 Å². The highest BCUT2D eigenvalue weighted by atomic mass is 16.5. The first-order valence-corrected chi connectivity index (χ1v) is 8.56. The number of likely N-dealkylation sites (N-methyl/N-ethyl adjacent to an activating group) is 1. The molecule has 0 aliphatic rings. The molecule has 140 valence electrons. The number of nitrogens with zero attached hydrogens (tertiary/aromatic N) is 1. The number of para-hydroxylation sites is 1. The maximum Gasteiger partial charge on any atom is 0.330 e. The first-order chi connectivity index (χ1) is 13.0. The van der Waals surface area contributed by atoms with Gasteiger partial charge in [0.05, 0.1) is 17.9 Å². The molecule has 0 aliphatic heterocycles. The molecule has 0 aliphatic carbocycles. The molecule has 1 N–H and O–H groups in total. The van der Waals surface area contributed by atoms with Crippen molar-refractivity contribution in [2.45, 2.75) is 13.5 Å². The predicted octanol–water partition coefficient (Wildman–Crippen LogP) is 2.70. The average Bonchev–Trinajstić information content (AvgIpc) is 2.70. The Morgan fingerprint density at radius 3 is 2.37 bits per heavy atom. The Kier molecular flexibility index (Phi) is 7.31. The number of esters is 1. The lowest BCUT2D eigenvalue weighted by atomic mass is 10.1. The topological polar surface area (TPSA) is 75.7 Å². The van der Waals surface area contributed by atoms with Crippen LogP contribution in [0.4, 0.5) is 5.69 Å². The van der Waals surface area contributed by atoms with Crippen molar-refractivity contribution in [3.05, 3.63) is 77.9 Å². The summed E-state index contributed by atoms with van der Waals surface area (Å²) in [6.07, 6.45) is 2.19. The van der Waals surface area contributed by atoms with Gasteiger partial charge in [0, 0.05) is 25.7 Å². The van der Waals surface area contributed by atoms with E-state index in [4.69, 9.17) is 4.74 Å². The van der Waals surface area contributed by atoms with E-state index in [1.807, 2.05) is 30.3 Å². The van der Waals surface area contributed by atoms with Gasteiger partial charge in [0.15, 0.2) is 0 Å². The molecule has 0 bridgehead atoms. The normalized spacial score (nSPS) is 10.4. The molecule has 0 radical (unpaired) electrons. The van der Waals surface area contributed by atoms with Gasteiger partial charge in [-0.15, -0.1) is 0 Å². The molecule has 6 heteroatoms. The molecule has 0 atom stereocenters. The second-order valence-corrected chi connectivity index (χ2v) is 5.67. The van der Waals surface area contributed by atoms with Crippen molar-refractivity contribution in [3.63, 3.8) is 0 Å². The third-order valence-corrected chi connectivity index (χ3v) is 3.79. The number of anilines is 1. The Labute approximate surface area is 158 Å². The second kappa shape index (κ2) is 9.91. The molecular weight excluding hydrogens is 344 g/mol. The number of nitrogens with one attached hydrogen (secondary N) is 1. The van der Waals surface area contributed by atoms with Crippen LogP contribution >= 0.6 is 0 Å². The van der Waals surface area contributed by atoms with Crippen molar-refractivity contribution in [3.8, 4) is 0 Å². The second-order valence-electron chi connectivity index (χ2n) is 5.67. The standard InChI is InChI=1S/C21H22N2O4/c1-3-27-20(25)14-13-19(24)23(2)18-12-8-7-11-17(18)21(26)22-15-16-9-5-4-6-10-16/h4-14H,3,15H2,1-2H3,(H,22,26)/b14-13+. The van der Waals surface area contributed by atoms with Crippen molar-refractivity contribution >= 4 is 23.5 Å². The highest BCUT2D eigenvalue weighted by Gasteiger charge is 2.17. The Hall–Kier alpha value is -3.41. The quantitative estimate of drug-likeness (QED) is 0.604. The largest absolute Gasteiger partial charge is 0.463 e. The number of hydrogen-bond donors (Lipinski definition) is 1. The van der Waals surface area contributed by atoms with Crippen LogP contribution in [0.5, 0.6) is 0 Å². The summed E-state index contributed by atoms with van der Waals surface area (Å²) in [5.41, 5.74) is 1.79. The highest BCUT2D eigenvalue weighted by Crippen LogP contribution is 2.19. The fourth-order valence-corrected chi connectivity index (χ4v) is 2.39. The first kappa shape index (κ1) is 19.9. The summed E-state index contributed by atoms with van der Waals surface area (Å²) in [5, 5.41) is 2.85. The summed E-state index contributed by atoms with van der Waals surface area (Å²) >= 11 is 0. The van der Waals surface area contributed by atoms with E-state index in [9.17, 15) is 14.4 Å². The van der Waals surface area contributed by atoms with Crippen LogP contribution in [0.3, 0.4) is 0 Å². The number of benzene rings is 2. The summed E-state index contributed by atoms with van der Waals surface area (Å²) in [6, 6.07) is 16.3. The third kappa shape index (κ3) is 5.81. The van der Waals surface area contributed by atoms with E-state index in [1.54, 1.807) is 38.2 Å². The van der Waals surface area contributed by atoms with Crippen molar-refractivity contribution in [1.82, 2.24) is 5.32 Å². The Morgan fingerprint density at radius 2 is 1.67 bits per heavy atom. The zero-order valence-electron chi connectivity index (χ0n) is 15.3. The monoisotopic (exact) mass is 366 g/mol. The minimum Gasteiger partial charge on any atom is -0.463 e. The average molecular weight is 366 g/mol. The number of amides is 2. The van der Waals surface area contributed by atoms with Crippen LogP contribution in [0, 0.1) is 0 Å². The Bertz CT molecular complexity index is 831. The summed E-state index contributed by atoms with van der Waals surface area (Å²) in [5.74, 6) is -1.32. The molecule has 0 aromatic heterocycles. The van der Waals surface area contributed by atoms with Crippen molar-refractivity contribution in [2.75, 3.05) is 18.6 Å². The highest BCUT2D eigenvalue weighted by molar-refractivity contribution is 6.08. The number of carbonyl (C=O) groups excluding carboxylic acids is 3. The fourth-order valence-electron chi connectivity index (χ4n) is 2.39. The lowest BCUT2D eigenvalue weighted by Crippen LogP contribution is -2.29. The SMILES string of the molecule is CCOC(=O)/C=C/C(=O)N(C)c1ccccc1C(=O)NCc1ccccc1. The molecule has 2 aromatic rings. The maximum absolute atomic E-state index is 12.6. The van der Waals surface area contributed by atoms with Gasteiger partial charge < -0.3 is 15.0 Å². The summed E-state index contributed by atoms with van der Waals surface area (Å²) in [7, 11) is 1.54. The number of ether oxygens (including phenoxy) is 1. The van der Waals surface area contributed by atoms with E-state index >= 15 is 0 Å². The van der Waals surface area contributed by atoms with Gasteiger partial charge in [-0.2, -0.15) is 0 Å². The van der Waals surface area contributed by atoms with Crippen molar-refractivity contribution in [1.29, 1.82) is 0 Å². The molecule has 0 heterocycles. The molecular formula is C21H22N2O4. The van der Waals surface area contributed by atoms with E-state index in [0.29, 0.717) is 17.8 Å². The number of rotatable bonds is 7. The molecule has 2 aromatic carbocycles. The van der Waals surface area contributed by atoms with Gasteiger partial charge in [0.1, 0.15) is 0 Å². The van der Waals surface area contributed by atoms with Gasteiger partial charge in [-0.25, -0.2) is 4.79 Å². The first-order valence-electron chi connectivity index (χ1n) is 8.56. The molecule has 0 saturated carbocycles. The van der Waals surface area contributed by atoms with Crippen LogP contribution in [-0.4, -0.2) is 31.4 Å². The number of carbonyl (C=O) groups is 3.